The van der Waals surface area contributed by atoms with E-state index < -0.39 is 0 Å². The molecule has 0 bridgehead atoms. The lowest BCUT2D eigenvalue weighted by Crippen LogP contribution is -2.62. The van der Waals surface area contributed by atoms with Crippen molar-refractivity contribution >= 4 is 11.8 Å². The van der Waals surface area contributed by atoms with E-state index in [0.717, 1.165) is 57.8 Å². The van der Waals surface area contributed by atoms with Crippen LogP contribution in [0.25, 0.3) is 0 Å². The molecule has 9 atom stereocenters. The van der Waals surface area contributed by atoms with Crippen molar-refractivity contribution in [3.63, 3.8) is 0 Å². The number of Topliss-reactive ketones (excluding diaryl/α,β-unsaturated/α-hetero) is 1. The first-order chi connectivity index (χ1) is 15.9. The number of esters is 1. The number of rotatable bonds is 1. The fourth-order valence-corrected chi connectivity index (χ4v) is 10.5. The van der Waals surface area contributed by atoms with Crippen molar-refractivity contribution in [1.82, 2.24) is 0 Å². The number of fused-ring (bicyclic) bond motifs is 7. The van der Waals surface area contributed by atoms with Crippen LogP contribution in [-0.2, 0) is 14.3 Å². The first-order valence-corrected chi connectivity index (χ1v) is 13.7. The molecule has 4 saturated carbocycles. The summed E-state index contributed by atoms with van der Waals surface area (Å²) in [6, 6.07) is 2.24. The molecule has 0 spiro atoms. The van der Waals surface area contributed by atoms with Gasteiger partial charge in [0.2, 0.25) is 0 Å². The number of hydrogen-bond donors (Lipinski definition) is 0. The second kappa shape index (κ2) is 7.68. The van der Waals surface area contributed by atoms with E-state index in [1.165, 1.54) is 0 Å². The van der Waals surface area contributed by atoms with Gasteiger partial charge in [-0.1, -0.05) is 40.7 Å². The molecule has 0 amide bonds. The molecular weight excluding hydrogens is 422 g/mol. The van der Waals surface area contributed by atoms with Crippen LogP contribution in [0.2, 0.25) is 0 Å². The second-order valence-corrected chi connectivity index (χ2v) is 13.9. The predicted octanol–water partition coefficient (Wildman–Crippen LogP) is 6.50. The molecule has 0 radical (unpaired) electrons. The number of ketones is 1. The van der Waals surface area contributed by atoms with Gasteiger partial charge < -0.3 is 4.74 Å². The summed E-state index contributed by atoms with van der Waals surface area (Å²) < 4.78 is 5.45. The van der Waals surface area contributed by atoms with Crippen molar-refractivity contribution in [2.45, 2.75) is 92.4 Å². The van der Waals surface area contributed by atoms with Crippen LogP contribution in [0.4, 0.5) is 0 Å². The molecule has 4 nitrogen and oxygen atoms in total. The highest BCUT2D eigenvalue weighted by molar-refractivity contribution is 6.01. The van der Waals surface area contributed by atoms with Crippen LogP contribution >= 0.6 is 0 Å². The molecule has 0 aromatic heterocycles. The molecule has 4 heteroatoms. The van der Waals surface area contributed by atoms with Crippen LogP contribution in [0.15, 0.2) is 11.6 Å². The molecule has 0 heterocycles. The number of carbonyl (C=O) groups is 2. The van der Waals surface area contributed by atoms with E-state index >= 15 is 0 Å². The number of hydrogen-bond acceptors (Lipinski definition) is 4. The zero-order valence-corrected chi connectivity index (χ0v) is 22.1. The quantitative estimate of drug-likeness (QED) is 0.415. The van der Waals surface area contributed by atoms with Gasteiger partial charge in [0.05, 0.1) is 18.1 Å². The maximum atomic E-state index is 13.3. The first kappa shape index (κ1) is 24.1. The summed E-state index contributed by atoms with van der Waals surface area (Å²) in [5, 5.41) is 9.73. The van der Waals surface area contributed by atoms with E-state index in [1.807, 2.05) is 0 Å². The lowest BCUT2D eigenvalue weighted by atomic mass is 9.37. The standard InChI is InChI=1S/C30H43NO3/c1-18-21-9-11-28(4)22-10-12-30(26(33)34-6)14-13-27(2,3)16-23(30)20(22)7-8-24(28)29(21,5)15-19(17-31)25(18)32/h15,18,20-24H,7-14,16H2,1-6H3. The number of methoxy groups -OCH3 is 1. The minimum absolute atomic E-state index is 0.0376. The molecular formula is C30H43NO3. The molecule has 34 heavy (non-hydrogen) atoms. The minimum atomic E-state index is -0.296. The minimum Gasteiger partial charge on any atom is -0.469 e. The topological polar surface area (TPSA) is 67.2 Å². The zero-order valence-electron chi connectivity index (χ0n) is 22.1. The van der Waals surface area contributed by atoms with Gasteiger partial charge in [0, 0.05) is 5.92 Å². The predicted molar refractivity (Wildman–Crippen MR) is 131 cm³/mol. The Kier molecular flexibility index (Phi) is 5.44. The van der Waals surface area contributed by atoms with Crippen LogP contribution in [0, 0.1) is 68.5 Å². The highest BCUT2D eigenvalue weighted by Crippen LogP contribution is 2.71. The fraction of sp³-hybridized carbons (Fsp3) is 0.833. The van der Waals surface area contributed by atoms with Crippen molar-refractivity contribution < 1.29 is 14.3 Å². The Morgan fingerprint density at radius 3 is 2.38 bits per heavy atom. The van der Waals surface area contributed by atoms with Gasteiger partial charge >= 0.3 is 5.97 Å². The third-order valence-electron chi connectivity index (χ3n) is 12.1. The summed E-state index contributed by atoms with van der Waals surface area (Å²) in [6.45, 7) is 11.7. The summed E-state index contributed by atoms with van der Waals surface area (Å²) in [5.41, 5.74) is 0.457. The van der Waals surface area contributed by atoms with Crippen molar-refractivity contribution in [3.8, 4) is 6.07 Å². The Hall–Kier alpha value is -1.63. The fourth-order valence-electron chi connectivity index (χ4n) is 10.5. The van der Waals surface area contributed by atoms with Crippen molar-refractivity contribution in [2.24, 2.45) is 57.2 Å². The molecule has 5 aliphatic rings. The molecule has 4 fully saturated rings. The molecule has 0 N–H and O–H groups in total. The Morgan fingerprint density at radius 2 is 1.71 bits per heavy atom. The van der Waals surface area contributed by atoms with E-state index in [4.69, 9.17) is 4.74 Å². The molecule has 0 saturated heterocycles. The summed E-state index contributed by atoms with van der Waals surface area (Å²) in [5.74, 6) is 2.41. The Bertz CT molecular complexity index is 974. The van der Waals surface area contributed by atoms with Gasteiger partial charge in [0.25, 0.3) is 0 Å². The van der Waals surface area contributed by atoms with Crippen LogP contribution < -0.4 is 0 Å². The number of ether oxygens (including phenoxy) is 1. The largest absolute Gasteiger partial charge is 0.469 e. The van der Waals surface area contributed by atoms with Crippen LogP contribution in [0.5, 0.6) is 0 Å². The molecule has 186 valence electrons. The molecule has 0 aromatic rings. The summed E-state index contributed by atoms with van der Waals surface area (Å²) >= 11 is 0. The van der Waals surface area contributed by atoms with Crippen LogP contribution in [-0.4, -0.2) is 18.9 Å². The lowest BCUT2D eigenvalue weighted by Gasteiger charge is -2.67. The molecule has 5 rings (SSSR count). The normalized spacial score (nSPS) is 49.3. The third-order valence-corrected chi connectivity index (χ3v) is 12.1. The zero-order chi connectivity index (χ0) is 24.7. The van der Waals surface area contributed by atoms with E-state index in [2.05, 4.69) is 46.8 Å². The van der Waals surface area contributed by atoms with Gasteiger partial charge in [0.1, 0.15) is 6.07 Å². The van der Waals surface area contributed by atoms with Crippen molar-refractivity contribution in [3.05, 3.63) is 11.6 Å². The molecule has 0 aliphatic heterocycles. The van der Waals surface area contributed by atoms with E-state index in [9.17, 15) is 14.9 Å². The summed E-state index contributed by atoms with van der Waals surface area (Å²) in [6.07, 6.45) is 11.9. The maximum absolute atomic E-state index is 13.3. The monoisotopic (exact) mass is 465 g/mol. The molecule has 5 aliphatic carbocycles. The van der Waals surface area contributed by atoms with E-state index in [1.54, 1.807) is 7.11 Å². The Balaban J connectivity index is 1.54. The highest BCUT2D eigenvalue weighted by Gasteiger charge is 2.66. The summed E-state index contributed by atoms with van der Waals surface area (Å²) in [4.78, 5) is 26.1. The number of allylic oxidation sites excluding steroid dienone is 2. The Labute approximate surface area is 205 Å². The van der Waals surface area contributed by atoms with Gasteiger partial charge in [-0.05, 0) is 104 Å². The van der Waals surface area contributed by atoms with Crippen LogP contribution in [0.1, 0.15) is 92.4 Å². The number of nitrogens with zero attached hydrogens (tertiary/aromatic N) is 1. The second-order valence-electron chi connectivity index (χ2n) is 13.9. The third kappa shape index (κ3) is 3.07. The average Bonchev–Trinajstić information content (AvgIpc) is 2.80. The van der Waals surface area contributed by atoms with Gasteiger partial charge in [-0.15, -0.1) is 0 Å². The van der Waals surface area contributed by atoms with Gasteiger partial charge in [0.15, 0.2) is 5.78 Å². The molecule has 0 aromatic carbocycles. The Morgan fingerprint density at radius 1 is 1.00 bits per heavy atom. The maximum Gasteiger partial charge on any atom is 0.312 e. The van der Waals surface area contributed by atoms with E-state index in [-0.39, 0.29) is 39.3 Å². The van der Waals surface area contributed by atoms with Crippen molar-refractivity contribution in [2.75, 3.05) is 7.11 Å². The average molecular weight is 466 g/mol. The molecule has 9 unspecified atom stereocenters. The van der Waals surface area contributed by atoms with Gasteiger partial charge in [-0.2, -0.15) is 5.26 Å². The summed E-state index contributed by atoms with van der Waals surface area (Å²) in [7, 11) is 1.57. The first-order valence-electron chi connectivity index (χ1n) is 13.7. The van der Waals surface area contributed by atoms with E-state index in [0.29, 0.717) is 35.2 Å². The lowest BCUT2D eigenvalue weighted by molar-refractivity contribution is -0.196. The van der Waals surface area contributed by atoms with Gasteiger partial charge in [-0.3, -0.25) is 9.59 Å². The smallest absolute Gasteiger partial charge is 0.312 e. The van der Waals surface area contributed by atoms with Crippen LogP contribution in [0.3, 0.4) is 0 Å². The highest BCUT2D eigenvalue weighted by atomic mass is 16.5. The SMILES string of the molecule is COC(=O)C12CCC3C(CCC4C5(C)C=C(C#N)C(=O)C(C)C5CCC34C)C1CC(C)(C)CC2. The van der Waals surface area contributed by atoms with Gasteiger partial charge in [-0.25, -0.2) is 0 Å². The number of carbonyl (C=O) groups excluding carboxylic acids is 2. The van der Waals surface area contributed by atoms with Crippen molar-refractivity contribution in [1.29, 1.82) is 5.26 Å². The number of nitriles is 1.